The molecule has 7 heteroatoms. The highest BCUT2D eigenvalue weighted by atomic mass is 16.5. The molecule has 0 saturated carbocycles. The van der Waals surface area contributed by atoms with Crippen LogP contribution < -0.4 is 14.8 Å². The van der Waals surface area contributed by atoms with Crippen molar-refractivity contribution in [3.05, 3.63) is 48.2 Å². The molecule has 7 nitrogen and oxygen atoms in total. The number of morpholine rings is 1. The minimum atomic E-state index is -0.0869. The second-order valence-electron chi connectivity index (χ2n) is 6.27. The van der Waals surface area contributed by atoms with Crippen LogP contribution in [0.4, 0.5) is 4.79 Å². The number of amides is 2. The predicted octanol–water partition coefficient (Wildman–Crippen LogP) is 3.20. The standard InChI is InChI=1S/C20H25N3O4/c1-3-25-17-6-4-5-7-18(17)27-19-9-8-16(12-21-19)13-22-20(24)23-10-11-26-15(2)14-23/h4-9,12,15H,3,10-11,13-14H2,1-2H3,(H,22,24)/t15-/m0/s1. The van der Waals surface area contributed by atoms with Crippen LogP contribution in [0.25, 0.3) is 0 Å². The number of carbonyl (C=O) groups excluding carboxylic acids is 1. The lowest BCUT2D eigenvalue weighted by atomic mass is 10.3. The fourth-order valence-corrected chi connectivity index (χ4v) is 2.79. The molecule has 1 fully saturated rings. The van der Waals surface area contributed by atoms with E-state index in [1.807, 2.05) is 44.2 Å². The summed E-state index contributed by atoms with van der Waals surface area (Å²) >= 11 is 0. The topological polar surface area (TPSA) is 72.9 Å². The summed E-state index contributed by atoms with van der Waals surface area (Å²) in [5.41, 5.74) is 0.898. The van der Waals surface area contributed by atoms with E-state index < -0.39 is 0 Å². The van der Waals surface area contributed by atoms with Crippen molar-refractivity contribution in [1.29, 1.82) is 0 Å². The molecule has 2 aromatic rings. The summed E-state index contributed by atoms with van der Waals surface area (Å²) in [6, 6.07) is 11.0. The molecule has 0 aliphatic carbocycles. The molecule has 1 aliphatic rings. The average molecular weight is 371 g/mol. The van der Waals surface area contributed by atoms with Gasteiger partial charge in [0.05, 0.1) is 19.3 Å². The van der Waals surface area contributed by atoms with Gasteiger partial charge in [0.15, 0.2) is 11.5 Å². The Morgan fingerprint density at radius 1 is 1.30 bits per heavy atom. The van der Waals surface area contributed by atoms with Gasteiger partial charge in [-0.25, -0.2) is 9.78 Å². The number of benzene rings is 1. The van der Waals surface area contributed by atoms with Gasteiger partial charge in [-0.15, -0.1) is 0 Å². The number of aromatic nitrogens is 1. The number of hydrogen-bond donors (Lipinski definition) is 1. The second-order valence-corrected chi connectivity index (χ2v) is 6.27. The first-order valence-electron chi connectivity index (χ1n) is 9.14. The van der Waals surface area contributed by atoms with Gasteiger partial charge in [0.25, 0.3) is 0 Å². The van der Waals surface area contributed by atoms with Crippen molar-refractivity contribution in [2.45, 2.75) is 26.5 Å². The van der Waals surface area contributed by atoms with E-state index in [1.54, 1.807) is 17.2 Å². The molecular formula is C20H25N3O4. The smallest absolute Gasteiger partial charge is 0.317 e. The van der Waals surface area contributed by atoms with Crippen molar-refractivity contribution < 1.29 is 19.0 Å². The van der Waals surface area contributed by atoms with E-state index in [4.69, 9.17) is 14.2 Å². The third kappa shape index (κ3) is 5.34. The Balaban J connectivity index is 1.54. The first-order valence-corrected chi connectivity index (χ1v) is 9.14. The van der Waals surface area contributed by atoms with Gasteiger partial charge in [0.2, 0.25) is 5.88 Å². The zero-order valence-corrected chi connectivity index (χ0v) is 15.7. The number of urea groups is 1. The first-order chi connectivity index (χ1) is 13.2. The number of rotatable bonds is 6. The zero-order chi connectivity index (χ0) is 19.1. The number of nitrogens with zero attached hydrogens (tertiary/aromatic N) is 2. The molecule has 2 heterocycles. The van der Waals surface area contributed by atoms with Crippen molar-refractivity contribution >= 4 is 6.03 Å². The molecule has 1 aromatic heterocycles. The van der Waals surface area contributed by atoms with E-state index in [0.717, 1.165) is 5.56 Å². The molecule has 1 aromatic carbocycles. The highest BCUT2D eigenvalue weighted by Crippen LogP contribution is 2.30. The van der Waals surface area contributed by atoms with Crippen molar-refractivity contribution in [3.8, 4) is 17.4 Å². The minimum absolute atomic E-state index is 0.0714. The Morgan fingerprint density at radius 2 is 2.11 bits per heavy atom. The second kappa shape index (κ2) is 9.23. The van der Waals surface area contributed by atoms with Crippen LogP contribution in [-0.4, -0.2) is 48.3 Å². The van der Waals surface area contributed by atoms with E-state index in [0.29, 0.717) is 50.2 Å². The third-order valence-corrected chi connectivity index (χ3v) is 4.13. The molecule has 27 heavy (non-hydrogen) atoms. The van der Waals surface area contributed by atoms with Crippen LogP contribution in [0.1, 0.15) is 19.4 Å². The fraction of sp³-hybridized carbons (Fsp3) is 0.400. The van der Waals surface area contributed by atoms with Crippen LogP contribution in [-0.2, 0) is 11.3 Å². The van der Waals surface area contributed by atoms with Gasteiger partial charge in [-0.1, -0.05) is 18.2 Å². The minimum Gasteiger partial charge on any atom is -0.490 e. The number of carbonyl (C=O) groups is 1. The molecule has 0 bridgehead atoms. The Bertz CT molecular complexity index is 751. The molecule has 1 N–H and O–H groups in total. The Kier molecular flexibility index (Phi) is 6.49. The summed E-state index contributed by atoms with van der Waals surface area (Å²) in [5, 5.41) is 2.91. The monoisotopic (exact) mass is 371 g/mol. The van der Waals surface area contributed by atoms with Gasteiger partial charge in [-0.3, -0.25) is 0 Å². The van der Waals surface area contributed by atoms with E-state index >= 15 is 0 Å². The number of para-hydroxylation sites is 2. The first kappa shape index (κ1) is 19.0. The number of hydrogen-bond acceptors (Lipinski definition) is 5. The van der Waals surface area contributed by atoms with Crippen molar-refractivity contribution in [3.63, 3.8) is 0 Å². The lowest BCUT2D eigenvalue weighted by molar-refractivity contribution is -0.00351. The molecule has 144 valence electrons. The van der Waals surface area contributed by atoms with Crippen LogP contribution in [0.15, 0.2) is 42.6 Å². The van der Waals surface area contributed by atoms with Gasteiger partial charge in [-0.2, -0.15) is 0 Å². The molecule has 3 rings (SSSR count). The maximum atomic E-state index is 12.2. The average Bonchev–Trinajstić information content (AvgIpc) is 2.69. The molecule has 1 atom stereocenters. The van der Waals surface area contributed by atoms with Crippen LogP contribution in [0.2, 0.25) is 0 Å². The van der Waals surface area contributed by atoms with E-state index in [9.17, 15) is 4.79 Å². The quantitative estimate of drug-likeness (QED) is 0.844. The Hall–Kier alpha value is -2.80. The lowest BCUT2D eigenvalue weighted by Crippen LogP contribution is -2.48. The van der Waals surface area contributed by atoms with Crippen LogP contribution in [0.3, 0.4) is 0 Å². The van der Waals surface area contributed by atoms with E-state index in [1.165, 1.54) is 0 Å². The van der Waals surface area contributed by atoms with Gasteiger partial charge in [0, 0.05) is 31.9 Å². The summed E-state index contributed by atoms with van der Waals surface area (Å²) < 4.78 is 16.8. The van der Waals surface area contributed by atoms with Crippen molar-refractivity contribution in [1.82, 2.24) is 15.2 Å². The highest BCUT2D eigenvalue weighted by molar-refractivity contribution is 5.74. The number of pyridine rings is 1. The van der Waals surface area contributed by atoms with E-state index in [2.05, 4.69) is 10.3 Å². The van der Waals surface area contributed by atoms with Gasteiger partial charge in [-0.05, 0) is 31.5 Å². The maximum absolute atomic E-state index is 12.2. The summed E-state index contributed by atoms with van der Waals surface area (Å²) in [5.74, 6) is 1.77. The Morgan fingerprint density at radius 3 is 2.81 bits per heavy atom. The van der Waals surface area contributed by atoms with Crippen molar-refractivity contribution in [2.24, 2.45) is 0 Å². The lowest BCUT2D eigenvalue weighted by Gasteiger charge is -2.31. The molecule has 1 saturated heterocycles. The SMILES string of the molecule is CCOc1ccccc1Oc1ccc(CNC(=O)N2CCO[C@@H](C)C2)cn1. The Labute approximate surface area is 159 Å². The molecular weight excluding hydrogens is 346 g/mol. The molecule has 0 unspecified atom stereocenters. The van der Waals surface area contributed by atoms with Crippen LogP contribution in [0.5, 0.6) is 17.4 Å². The molecule has 2 amide bonds. The van der Waals surface area contributed by atoms with E-state index in [-0.39, 0.29) is 12.1 Å². The maximum Gasteiger partial charge on any atom is 0.317 e. The predicted molar refractivity (Wildman–Crippen MR) is 101 cm³/mol. The van der Waals surface area contributed by atoms with Crippen molar-refractivity contribution in [2.75, 3.05) is 26.3 Å². The van der Waals surface area contributed by atoms with Gasteiger partial charge in [0.1, 0.15) is 0 Å². The van der Waals surface area contributed by atoms with Crippen LogP contribution >= 0.6 is 0 Å². The van der Waals surface area contributed by atoms with Gasteiger partial charge >= 0.3 is 6.03 Å². The molecule has 1 aliphatic heterocycles. The molecule has 0 spiro atoms. The summed E-state index contributed by atoms with van der Waals surface area (Å²) in [7, 11) is 0. The largest absolute Gasteiger partial charge is 0.490 e. The highest BCUT2D eigenvalue weighted by Gasteiger charge is 2.20. The zero-order valence-electron chi connectivity index (χ0n) is 15.7. The summed E-state index contributed by atoms with van der Waals surface area (Å²) in [6.07, 6.45) is 1.77. The third-order valence-electron chi connectivity index (χ3n) is 4.13. The number of ether oxygens (including phenoxy) is 3. The normalized spacial score (nSPS) is 16.7. The van der Waals surface area contributed by atoms with Crippen LogP contribution in [0, 0.1) is 0 Å². The summed E-state index contributed by atoms with van der Waals surface area (Å²) in [4.78, 5) is 18.3. The molecule has 0 radical (unpaired) electrons. The summed E-state index contributed by atoms with van der Waals surface area (Å²) in [6.45, 7) is 6.66. The fourth-order valence-electron chi connectivity index (χ4n) is 2.79. The number of nitrogens with one attached hydrogen (secondary N) is 1. The van der Waals surface area contributed by atoms with Gasteiger partial charge < -0.3 is 24.4 Å².